The lowest BCUT2D eigenvalue weighted by molar-refractivity contribution is 2.25. The highest BCUT2D eigenvalue weighted by molar-refractivity contribution is 8.79. The van der Waals surface area contributed by atoms with Crippen LogP contribution >= 0.6 is 51.3 Å². The minimum absolute atomic E-state index is 0.123. The average molecular weight is 188 g/mol. The molecule has 0 bridgehead atoms. The van der Waals surface area contributed by atoms with Crippen LogP contribution in [0.1, 0.15) is 0 Å². The van der Waals surface area contributed by atoms with E-state index >= 15 is 0 Å². The van der Waals surface area contributed by atoms with Gasteiger partial charge in [-0.05, 0) is 32.0 Å². The SMILES string of the molecule is ClCS(Cl)(Cl)Cl. The fourth-order valence-electron chi connectivity index (χ4n) is 0. The van der Waals surface area contributed by atoms with Crippen LogP contribution in [0.2, 0.25) is 0 Å². The van der Waals surface area contributed by atoms with Gasteiger partial charge in [-0.15, -0.1) is 11.6 Å². The standard InChI is InChI=1S/CH2Cl4S/c2-1-6(3,4)5/h1H2. The summed E-state index contributed by atoms with van der Waals surface area (Å²) in [5.74, 6) is 0. The molecule has 40 valence electrons. The monoisotopic (exact) mass is 186 g/mol. The quantitative estimate of drug-likeness (QED) is 0.552. The number of halogens is 4. The molecule has 0 spiro atoms. The molecule has 0 aliphatic carbocycles. The Morgan fingerprint density at radius 3 is 1.33 bits per heavy atom. The third-order valence-corrected chi connectivity index (χ3v) is 3.34. The van der Waals surface area contributed by atoms with Crippen molar-refractivity contribution < 1.29 is 0 Å². The minimum Gasteiger partial charge on any atom is -0.113 e. The van der Waals surface area contributed by atoms with Gasteiger partial charge < -0.3 is 0 Å². The van der Waals surface area contributed by atoms with Crippen LogP contribution in [0.4, 0.5) is 0 Å². The van der Waals surface area contributed by atoms with Crippen molar-refractivity contribution in [3.05, 3.63) is 0 Å². The molecule has 0 saturated carbocycles. The highest BCUT2D eigenvalue weighted by Gasteiger charge is 2.08. The molecule has 0 radical (unpaired) electrons. The molecule has 0 aromatic rings. The maximum atomic E-state index is 5.20. The van der Waals surface area contributed by atoms with Gasteiger partial charge in [0.05, 0.1) is 5.21 Å². The number of hydrogen-bond acceptors (Lipinski definition) is 0. The van der Waals surface area contributed by atoms with Crippen molar-refractivity contribution in [3.63, 3.8) is 0 Å². The molecule has 0 heterocycles. The second kappa shape index (κ2) is 2.73. The van der Waals surface area contributed by atoms with Gasteiger partial charge in [-0.3, -0.25) is 0 Å². The summed E-state index contributed by atoms with van der Waals surface area (Å²) in [6, 6.07) is 0. The molecular weight excluding hydrogens is 186 g/mol. The van der Waals surface area contributed by atoms with Crippen molar-refractivity contribution in [1.82, 2.24) is 0 Å². The van der Waals surface area contributed by atoms with Gasteiger partial charge >= 0.3 is 0 Å². The van der Waals surface area contributed by atoms with E-state index in [-0.39, 0.29) is 5.21 Å². The Kier molecular flexibility index (Phi) is 3.42. The van der Waals surface area contributed by atoms with E-state index in [0.29, 0.717) is 0 Å². The largest absolute Gasteiger partial charge is 0.113 e. The fraction of sp³-hybridized carbons (Fsp3) is 1.00. The smallest absolute Gasteiger partial charge is 0.0909 e. The van der Waals surface area contributed by atoms with Crippen LogP contribution in [0, 0.1) is 0 Å². The number of hydrogen-bond donors (Lipinski definition) is 0. The number of alkyl halides is 1. The van der Waals surface area contributed by atoms with Gasteiger partial charge in [0.1, 0.15) is 0 Å². The lowest BCUT2D eigenvalue weighted by Gasteiger charge is -2.07. The molecule has 0 aromatic carbocycles. The van der Waals surface area contributed by atoms with Crippen molar-refractivity contribution in [2.75, 3.05) is 5.21 Å². The molecule has 0 atom stereocenters. The van der Waals surface area contributed by atoms with Gasteiger partial charge in [0, 0.05) is 7.67 Å². The molecule has 5 heteroatoms. The molecule has 0 amide bonds. The molecule has 0 unspecified atom stereocenters. The van der Waals surface area contributed by atoms with Gasteiger partial charge in [0.15, 0.2) is 0 Å². The Morgan fingerprint density at radius 1 is 1.17 bits per heavy atom. The molecule has 6 heavy (non-hydrogen) atoms. The summed E-state index contributed by atoms with van der Waals surface area (Å²) in [6.07, 6.45) is 0. The Morgan fingerprint density at radius 2 is 1.33 bits per heavy atom. The highest BCUT2D eigenvalue weighted by atomic mass is 36.2. The molecule has 0 fully saturated rings. The van der Waals surface area contributed by atoms with E-state index in [1.165, 1.54) is 0 Å². The van der Waals surface area contributed by atoms with Crippen LogP contribution in [0.5, 0.6) is 0 Å². The van der Waals surface area contributed by atoms with E-state index in [0.717, 1.165) is 0 Å². The summed E-state index contributed by atoms with van der Waals surface area (Å²) in [6.45, 7) is 0. The fourth-order valence-corrected chi connectivity index (χ4v) is 0. The zero-order valence-electron chi connectivity index (χ0n) is 2.63. The minimum atomic E-state index is -1.98. The summed E-state index contributed by atoms with van der Waals surface area (Å²) < 4.78 is 0. The Labute approximate surface area is 56.5 Å². The molecule has 0 N–H and O–H groups in total. The highest BCUT2D eigenvalue weighted by Crippen LogP contribution is 2.63. The van der Waals surface area contributed by atoms with E-state index in [2.05, 4.69) is 0 Å². The summed E-state index contributed by atoms with van der Waals surface area (Å²) >= 11 is 5.12. The molecule has 0 aromatic heterocycles. The topological polar surface area (TPSA) is 0 Å². The van der Waals surface area contributed by atoms with Crippen molar-refractivity contribution in [3.8, 4) is 0 Å². The lowest BCUT2D eigenvalue weighted by atomic mass is 11.9. The molecule has 0 aliphatic rings. The van der Waals surface area contributed by atoms with Crippen molar-refractivity contribution in [1.29, 1.82) is 0 Å². The van der Waals surface area contributed by atoms with E-state index < -0.39 is 7.67 Å². The molecule has 0 aliphatic heterocycles. The first-order valence-corrected chi connectivity index (χ1v) is 5.83. The van der Waals surface area contributed by atoms with Crippen LogP contribution in [0.25, 0.3) is 0 Å². The van der Waals surface area contributed by atoms with Crippen molar-refractivity contribution in [2.45, 2.75) is 0 Å². The normalized spacial score (nSPS) is 14.7. The second-order valence-electron chi connectivity index (χ2n) is 0.611. The second-order valence-corrected chi connectivity index (χ2v) is 8.65. The first-order valence-electron chi connectivity index (χ1n) is 1.02. The Bertz CT molecular complexity index is 37.3. The van der Waals surface area contributed by atoms with Gasteiger partial charge in [-0.25, -0.2) is 0 Å². The zero-order valence-corrected chi connectivity index (χ0v) is 6.47. The first kappa shape index (κ1) is 7.51. The maximum absolute atomic E-state index is 5.20. The zero-order chi connectivity index (χ0) is 5.21. The maximum Gasteiger partial charge on any atom is 0.0909 e. The van der Waals surface area contributed by atoms with Gasteiger partial charge in [0.25, 0.3) is 0 Å². The summed E-state index contributed by atoms with van der Waals surface area (Å²) in [5.41, 5.74) is 0. The number of rotatable bonds is 1. The van der Waals surface area contributed by atoms with E-state index in [1.807, 2.05) is 0 Å². The van der Waals surface area contributed by atoms with Crippen LogP contribution in [-0.2, 0) is 0 Å². The molecule has 0 rings (SSSR count). The first-order chi connectivity index (χ1) is 2.56. The summed E-state index contributed by atoms with van der Waals surface area (Å²) in [4.78, 5) is 0. The third-order valence-electron chi connectivity index (χ3n) is 0.124. The van der Waals surface area contributed by atoms with Crippen LogP contribution in [-0.4, -0.2) is 5.21 Å². The Hall–Kier alpha value is 1.51. The third kappa shape index (κ3) is 5.51. The van der Waals surface area contributed by atoms with Crippen molar-refractivity contribution >= 4 is 51.3 Å². The van der Waals surface area contributed by atoms with Gasteiger partial charge in [-0.2, -0.15) is 0 Å². The summed E-state index contributed by atoms with van der Waals surface area (Å²) in [7, 11) is 13.6. The van der Waals surface area contributed by atoms with Crippen LogP contribution in [0.3, 0.4) is 0 Å². The van der Waals surface area contributed by atoms with Gasteiger partial charge in [0.2, 0.25) is 0 Å². The van der Waals surface area contributed by atoms with E-state index in [9.17, 15) is 0 Å². The van der Waals surface area contributed by atoms with Gasteiger partial charge in [-0.1, -0.05) is 0 Å². The Balaban J connectivity index is 3.17. The lowest BCUT2D eigenvalue weighted by Crippen LogP contribution is -1.64. The molecular formula is CH2Cl4S. The molecule has 0 saturated heterocycles. The van der Waals surface area contributed by atoms with Crippen molar-refractivity contribution in [2.24, 2.45) is 0 Å². The van der Waals surface area contributed by atoms with E-state index in [1.54, 1.807) is 0 Å². The van der Waals surface area contributed by atoms with Crippen LogP contribution < -0.4 is 0 Å². The van der Waals surface area contributed by atoms with E-state index in [4.69, 9.17) is 43.6 Å². The predicted octanol–water partition coefficient (Wildman–Crippen LogP) is 3.45. The van der Waals surface area contributed by atoms with Crippen LogP contribution in [0.15, 0.2) is 0 Å². The average Bonchev–Trinajstić information content (AvgIpc) is 1.35. The molecule has 0 nitrogen and oxygen atoms in total. The summed E-state index contributed by atoms with van der Waals surface area (Å²) in [5, 5.41) is 0.123. The predicted molar refractivity (Wildman–Crippen MR) is 35.9 cm³/mol.